The van der Waals surface area contributed by atoms with E-state index in [1.807, 2.05) is 13.8 Å². The fourth-order valence-corrected chi connectivity index (χ4v) is 2.54. The molecule has 1 aromatic carbocycles. The Bertz CT molecular complexity index is 654. The Morgan fingerprint density at radius 2 is 1.83 bits per heavy atom. The van der Waals surface area contributed by atoms with E-state index in [1.165, 1.54) is 0 Å². The second kappa shape index (κ2) is 6.62. The van der Waals surface area contributed by atoms with Crippen LogP contribution in [0, 0.1) is 11.8 Å². The first kappa shape index (κ1) is 18.0. The number of hydrogen-bond donors (Lipinski definition) is 1. The van der Waals surface area contributed by atoms with Crippen molar-refractivity contribution in [2.45, 2.75) is 32.9 Å². The summed E-state index contributed by atoms with van der Waals surface area (Å²) < 4.78 is 37.5. The van der Waals surface area contributed by atoms with Gasteiger partial charge in [0, 0.05) is 17.9 Å². The van der Waals surface area contributed by atoms with Crippen LogP contribution in [0.5, 0.6) is 0 Å². The van der Waals surface area contributed by atoms with Crippen LogP contribution < -0.4 is 5.43 Å². The van der Waals surface area contributed by atoms with E-state index >= 15 is 0 Å². The number of alkyl halides is 3. The Labute approximate surface area is 136 Å². The maximum absolute atomic E-state index is 12.5. The summed E-state index contributed by atoms with van der Waals surface area (Å²) in [4.78, 5) is 36.1. The highest BCUT2D eigenvalue weighted by atomic mass is 19.4. The quantitative estimate of drug-likeness (QED) is 0.856. The third-order valence-electron chi connectivity index (χ3n) is 3.68. The molecule has 1 N–H and O–H groups in total. The van der Waals surface area contributed by atoms with Gasteiger partial charge < -0.3 is 0 Å². The average molecular weight is 342 g/mol. The van der Waals surface area contributed by atoms with Gasteiger partial charge in [-0.15, -0.1) is 0 Å². The molecule has 0 aromatic heterocycles. The number of nitrogens with zero attached hydrogens (tertiary/aromatic N) is 1. The highest BCUT2D eigenvalue weighted by molar-refractivity contribution is 6.06. The van der Waals surface area contributed by atoms with E-state index in [0.29, 0.717) is 11.4 Å². The van der Waals surface area contributed by atoms with Crippen molar-refractivity contribution in [1.29, 1.82) is 0 Å². The number of rotatable bonds is 4. The molecule has 1 atom stereocenters. The van der Waals surface area contributed by atoms with Crippen LogP contribution in [-0.2, 0) is 15.8 Å². The first-order chi connectivity index (χ1) is 11.1. The fourth-order valence-electron chi connectivity index (χ4n) is 2.54. The molecule has 0 radical (unpaired) electrons. The summed E-state index contributed by atoms with van der Waals surface area (Å²) in [6.45, 7) is 3.84. The van der Waals surface area contributed by atoms with Gasteiger partial charge in [-0.3, -0.25) is 19.8 Å². The number of nitrogens with one attached hydrogen (secondary N) is 1. The van der Waals surface area contributed by atoms with Crippen molar-refractivity contribution in [1.82, 2.24) is 10.4 Å². The monoisotopic (exact) mass is 342 g/mol. The fraction of sp³-hybridized carbons (Fsp3) is 0.438. The third kappa shape index (κ3) is 3.93. The lowest BCUT2D eigenvalue weighted by Gasteiger charge is -2.17. The minimum atomic E-state index is -4.50. The summed E-state index contributed by atoms with van der Waals surface area (Å²) >= 11 is 0. The molecule has 1 aliphatic heterocycles. The van der Waals surface area contributed by atoms with Crippen molar-refractivity contribution >= 4 is 17.7 Å². The van der Waals surface area contributed by atoms with Gasteiger partial charge >= 0.3 is 6.18 Å². The van der Waals surface area contributed by atoms with Crippen molar-refractivity contribution in [3.63, 3.8) is 0 Å². The zero-order chi connectivity index (χ0) is 18.1. The molecule has 130 valence electrons. The zero-order valence-electron chi connectivity index (χ0n) is 13.2. The van der Waals surface area contributed by atoms with Gasteiger partial charge in [0.1, 0.15) is 0 Å². The number of carbonyl (C=O) groups excluding carboxylic acids is 3. The number of amides is 3. The van der Waals surface area contributed by atoms with Crippen molar-refractivity contribution in [3.8, 4) is 0 Å². The third-order valence-corrected chi connectivity index (χ3v) is 3.68. The zero-order valence-corrected chi connectivity index (χ0v) is 13.2. The molecule has 0 spiro atoms. The average Bonchev–Trinajstić information content (AvgIpc) is 2.73. The largest absolute Gasteiger partial charge is 0.416 e. The minimum Gasteiger partial charge on any atom is -0.273 e. The summed E-state index contributed by atoms with van der Waals surface area (Å²) in [5.41, 5.74) is 1.21. The van der Waals surface area contributed by atoms with Gasteiger partial charge in [-0.25, -0.2) is 0 Å². The Hall–Kier alpha value is -2.38. The molecule has 0 saturated carbocycles. The molecule has 1 heterocycles. The van der Waals surface area contributed by atoms with Crippen LogP contribution in [0.1, 0.15) is 42.6 Å². The molecule has 1 aromatic rings. The van der Waals surface area contributed by atoms with E-state index in [2.05, 4.69) is 5.43 Å². The Morgan fingerprint density at radius 1 is 1.25 bits per heavy atom. The van der Waals surface area contributed by atoms with Gasteiger partial charge in [0.15, 0.2) is 0 Å². The van der Waals surface area contributed by atoms with Gasteiger partial charge in [-0.2, -0.15) is 18.2 Å². The summed E-state index contributed by atoms with van der Waals surface area (Å²) in [5, 5.41) is 0.660. The SMILES string of the molecule is CC(C)CC1CC(=O)N(NC(=O)c2ccc(C(F)(F)F)cc2)C1=O. The number of hydrazine groups is 1. The topological polar surface area (TPSA) is 66.5 Å². The van der Waals surface area contributed by atoms with E-state index in [4.69, 9.17) is 0 Å². The van der Waals surface area contributed by atoms with Crippen LogP contribution in [0.15, 0.2) is 24.3 Å². The Kier molecular flexibility index (Phi) is 4.96. The molecule has 1 saturated heterocycles. The lowest BCUT2D eigenvalue weighted by atomic mass is 9.96. The Morgan fingerprint density at radius 3 is 2.33 bits per heavy atom. The Balaban J connectivity index is 2.07. The number of halogens is 3. The molecule has 0 bridgehead atoms. The highest BCUT2D eigenvalue weighted by Crippen LogP contribution is 2.29. The van der Waals surface area contributed by atoms with Crippen molar-refractivity contribution in [2.75, 3.05) is 0 Å². The predicted octanol–water partition coefficient (Wildman–Crippen LogP) is 2.77. The number of hydrogen-bond acceptors (Lipinski definition) is 3. The first-order valence-electron chi connectivity index (χ1n) is 7.44. The van der Waals surface area contributed by atoms with E-state index in [9.17, 15) is 27.6 Å². The molecule has 1 fully saturated rings. The normalized spacial score (nSPS) is 18.4. The molecular weight excluding hydrogens is 325 g/mol. The van der Waals surface area contributed by atoms with Crippen molar-refractivity contribution in [3.05, 3.63) is 35.4 Å². The summed E-state index contributed by atoms with van der Waals surface area (Å²) in [6, 6.07) is 3.53. The number of imide groups is 1. The number of carbonyl (C=O) groups is 3. The van der Waals surface area contributed by atoms with Gasteiger partial charge in [-0.1, -0.05) is 13.8 Å². The smallest absolute Gasteiger partial charge is 0.273 e. The maximum Gasteiger partial charge on any atom is 0.416 e. The second-order valence-corrected chi connectivity index (χ2v) is 6.11. The molecule has 2 rings (SSSR count). The molecule has 5 nitrogen and oxygen atoms in total. The van der Waals surface area contributed by atoms with Gasteiger partial charge in [0.05, 0.1) is 5.56 Å². The van der Waals surface area contributed by atoms with Crippen LogP contribution in [0.3, 0.4) is 0 Å². The van der Waals surface area contributed by atoms with Crippen LogP contribution in [0.25, 0.3) is 0 Å². The van der Waals surface area contributed by atoms with Crippen molar-refractivity contribution < 1.29 is 27.6 Å². The summed E-state index contributed by atoms with van der Waals surface area (Å²) in [7, 11) is 0. The minimum absolute atomic E-state index is 0.0182. The van der Waals surface area contributed by atoms with Gasteiger partial charge in [0.2, 0.25) is 5.91 Å². The van der Waals surface area contributed by atoms with E-state index in [1.54, 1.807) is 0 Å². The summed E-state index contributed by atoms with van der Waals surface area (Å²) in [5.74, 6) is -2.08. The van der Waals surface area contributed by atoms with E-state index < -0.39 is 35.4 Å². The standard InChI is InChI=1S/C16H17F3N2O3/c1-9(2)7-11-8-13(22)21(15(11)24)20-14(23)10-3-5-12(6-4-10)16(17,18)19/h3-6,9,11H,7-8H2,1-2H3,(H,20,23). The van der Waals surface area contributed by atoms with E-state index in [0.717, 1.165) is 24.3 Å². The predicted molar refractivity (Wildman–Crippen MR) is 78.3 cm³/mol. The van der Waals surface area contributed by atoms with Gasteiger partial charge in [0.25, 0.3) is 11.8 Å². The lowest BCUT2D eigenvalue weighted by molar-refractivity contribution is -0.142. The molecule has 0 aliphatic carbocycles. The molecule has 3 amide bonds. The molecule has 1 aliphatic rings. The van der Waals surface area contributed by atoms with E-state index in [-0.39, 0.29) is 17.9 Å². The highest BCUT2D eigenvalue weighted by Gasteiger charge is 2.40. The van der Waals surface area contributed by atoms with Crippen molar-refractivity contribution in [2.24, 2.45) is 11.8 Å². The second-order valence-electron chi connectivity index (χ2n) is 6.11. The van der Waals surface area contributed by atoms with Crippen LogP contribution in [0.4, 0.5) is 13.2 Å². The maximum atomic E-state index is 12.5. The summed E-state index contributed by atoms with van der Waals surface area (Å²) in [6.07, 6.45) is -3.96. The molecular formula is C16H17F3N2O3. The van der Waals surface area contributed by atoms with Gasteiger partial charge in [-0.05, 0) is 36.6 Å². The lowest BCUT2D eigenvalue weighted by Crippen LogP contribution is -2.46. The molecule has 24 heavy (non-hydrogen) atoms. The van der Waals surface area contributed by atoms with Crippen LogP contribution in [-0.4, -0.2) is 22.7 Å². The van der Waals surface area contributed by atoms with Crippen LogP contribution >= 0.6 is 0 Å². The van der Waals surface area contributed by atoms with Crippen LogP contribution in [0.2, 0.25) is 0 Å². The molecule has 8 heteroatoms. The first-order valence-corrected chi connectivity index (χ1v) is 7.44. The molecule has 1 unspecified atom stereocenters. The number of benzene rings is 1.